The van der Waals surface area contributed by atoms with Crippen molar-refractivity contribution in [3.63, 3.8) is 0 Å². The molecule has 192 valence electrons. The number of thiazole rings is 1. The number of piperazine rings is 1. The third kappa shape index (κ3) is 5.81. The number of fused-ring (bicyclic) bond motifs is 1. The molecule has 37 heavy (non-hydrogen) atoms. The first kappa shape index (κ1) is 24.9. The van der Waals surface area contributed by atoms with E-state index in [9.17, 15) is 4.79 Å². The van der Waals surface area contributed by atoms with Crippen LogP contribution in [0, 0.1) is 6.92 Å². The molecular formula is C27H32N8OS. The second kappa shape index (κ2) is 10.7. The Morgan fingerprint density at radius 3 is 2.41 bits per heavy atom. The highest BCUT2D eigenvalue weighted by molar-refractivity contribution is 7.21. The van der Waals surface area contributed by atoms with Crippen molar-refractivity contribution in [1.29, 1.82) is 0 Å². The molecular weight excluding hydrogens is 484 g/mol. The largest absolute Gasteiger partial charge is 0.331 e. The predicted octanol–water partition coefficient (Wildman–Crippen LogP) is 4.71. The Balaban J connectivity index is 1.19. The summed E-state index contributed by atoms with van der Waals surface area (Å²) < 4.78 is 0. The molecule has 1 aliphatic rings. The average molecular weight is 517 g/mol. The summed E-state index contributed by atoms with van der Waals surface area (Å²) in [5.41, 5.74) is 4.33. The number of benzene rings is 1. The zero-order valence-corrected chi connectivity index (χ0v) is 22.5. The van der Waals surface area contributed by atoms with Crippen molar-refractivity contribution in [2.24, 2.45) is 0 Å². The molecule has 1 N–H and O–H groups in total. The Morgan fingerprint density at radius 2 is 1.73 bits per heavy atom. The number of aryl methyl sites for hydroxylation is 1. The highest BCUT2D eigenvalue weighted by Gasteiger charge is 2.22. The summed E-state index contributed by atoms with van der Waals surface area (Å²) in [5, 5.41) is 4.08. The number of aromatic nitrogens is 3. The molecule has 2 amide bonds. The number of amides is 2. The Hall–Kier alpha value is -3.76. The van der Waals surface area contributed by atoms with Crippen molar-refractivity contribution in [3.8, 4) is 0 Å². The van der Waals surface area contributed by atoms with Gasteiger partial charge in [-0.25, -0.2) is 19.7 Å². The fourth-order valence-electron chi connectivity index (χ4n) is 4.29. The molecule has 9 nitrogen and oxygen atoms in total. The number of pyridine rings is 2. The van der Waals surface area contributed by atoms with Crippen LogP contribution in [0.1, 0.15) is 11.1 Å². The maximum atomic E-state index is 12.1. The van der Waals surface area contributed by atoms with E-state index in [-0.39, 0.29) is 6.03 Å². The first-order valence-corrected chi connectivity index (χ1v) is 13.2. The third-order valence-electron chi connectivity index (χ3n) is 6.50. The molecule has 0 saturated carbocycles. The van der Waals surface area contributed by atoms with Crippen LogP contribution in [0.3, 0.4) is 0 Å². The standard InChI is InChI=1S/C27H32N8OS/c1-19-5-8-21(9-6-19)33(4)24-12-10-22-25(31-24)37-26(29-22)30-23-11-7-20(17-28-23)18-34-13-15-35(16-14-34)27(36)32(2)3/h5-12,17H,13-16,18H2,1-4H3,(H,28,29,30). The lowest BCUT2D eigenvalue weighted by Gasteiger charge is -2.35. The van der Waals surface area contributed by atoms with Crippen LogP contribution in [-0.4, -0.2) is 83.0 Å². The Bertz CT molecular complexity index is 1360. The van der Waals surface area contributed by atoms with Crippen LogP contribution < -0.4 is 10.2 Å². The quantitative estimate of drug-likeness (QED) is 0.398. The molecule has 1 fully saturated rings. The lowest BCUT2D eigenvalue weighted by atomic mass is 10.2. The molecule has 4 heterocycles. The van der Waals surface area contributed by atoms with Crippen LogP contribution in [0.15, 0.2) is 54.7 Å². The zero-order valence-electron chi connectivity index (χ0n) is 21.7. The molecule has 4 aromatic rings. The van der Waals surface area contributed by atoms with E-state index in [0.717, 1.165) is 71.1 Å². The van der Waals surface area contributed by atoms with Crippen molar-refractivity contribution in [3.05, 3.63) is 65.9 Å². The van der Waals surface area contributed by atoms with Gasteiger partial charge in [-0.15, -0.1) is 0 Å². The minimum atomic E-state index is 0.0799. The second-order valence-electron chi connectivity index (χ2n) is 9.52. The van der Waals surface area contributed by atoms with Crippen molar-refractivity contribution in [2.45, 2.75) is 13.5 Å². The SMILES string of the molecule is Cc1ccc(N(C)c2ccc3nc(Nc4ccc(CN5CCN(C(=O)N(C)C)CC5)cn4)sc3n2)cc1. The fraction of sp³-hybridized carbons (Fsp3) is 0.333. The van der Waals surface area contributed by atoms with E-state index < -0.39 is 0 Å². The molecule has 0 bridgehead atoms. The van der Waals surface area contributed by atoms with Crippen LogP contribution in [0.2, 0.25) is 0 Å². The van der Waals surface area contributed by atoms with Gasteiger partial charge >= 0.3 is 6.03 Å². The van der Waals surface area contributed by atoms with Gasteiger partial charge in [-0.3, -0.25) is 4.90 Å². The molecule has 1 aromatic carbocycles. The number of nitrogens with zero attached hydrogens (tertiary/aromatic N) is 7. The molecule has 0 unspecified atom stereocenters. The summed E-state index contributed by atoms with van der Waals surface area (Å²) in [7, 11) is 5.61. The Morgan fingerprint density at radius 1 is 0.973 bits per heavy atom. The number of anilines is 4. The van der Waals surface area contributed by atoms with Gasteiger partial charge in [-0.05, 0) is 42.8 Å². The smallest absolute Gasteiger partial charge is 0.319 e. The highest BCUT2D eigenvalue weighted by Crippen LogP contribution is 2.30. The Labute approximate surface area is 221 Å². The van der Waals surface area contributed by atoms with Gasteiger partial charge in [0, 0.05) is 65.8 Å². The van der Waals surface area contributed by atoms with E-state index in [1.807, 2.05) is 36.3 Å². The molecule has 1 aliphatic heterocycles. The summed E-state index contributed by atoms with van der Waals surface area (Å²) in [6.45, 7) is 6.12. The van der Waals surface area contributed by atoms with E-state index in [0.29, 0.717) is 0 Å². The van der Waals surface area contributed by atoms with E-state index >= 15 is 0 Å². The lowest BCUT2D eigenvalue weighted by Crippen LogP contribution is -2.51. The minimum Gasteiger partial charge on any atom is -0.331 e. The van der Waals surface area contributed by atoms with Crippen molar-refractivity contribution in [1.82, 2.24) is 29.7 Å². The summed E-state index contributed by atoms with van der Waals surface area (Å²) in [4.78, 5) is 35.1. The summed E-state index contributed by atoms with van der Waals surface area (Å²) in [6, 6.07) is 16.6. The topological polar surface area (TPSA) is 80.7 Å². The predicted molar refractivity (Wildman–Crippen MR) is 150 cm³/mol. The molecule has 0 radical (unpaired) electrons. The van der Waals surface area contributed by atoms with Crippen molar-refractivity contribution in [2.75, 3.05) is 57.5 Å². The minimum absolute atomic E-state index is 0.0799. The molecule has 10 heteroatoms. The average Bonchev–Trinajstić information content (AvgIpc) is 3.31. The molecule has 3 aromatic heterocycles. The Kier molecular flexibility index (Phi) is 7.20. The molecule has 0 atom stereocenters. The molecule has 1 saturated heterocycles. The van der Waals surface area contributed by atoms with E-state index in [4.69, 9.17) is 4.98 Å². The van der Waals surface area contributed by atoms with Gasteiger partial charge in [0.1, 0.15) is 22.0 Å². The molecule has 0 spiro atoms. The van der Waals surface area contributed by atoms with Gasteiger partial charge in [0.25, 0.3) is 0 Å². The van der Waals surface area contributed by atoms with Crippen LogP contribution in [0.5, 0.6) is 0 Å². The van der Waals surface area contributed by atoms with Crippen molar-refractivity contribution >= 4 is 50.2 Å². The number of urea groups is 1. The van der Waals surface area contributed by atoms with Gasteiger partial charge in [0.2, 0.25) is 0 Å². The van der Waals surface area contributed by atoms with Crippen molar-refractivity contribution < 1.29 is 4.79 Å². The van der Waals surface area contributed by atoms with Crippen LogP contribution >= 0.6 is 11.3 Å². The monoisotopic (exact) mass is 516 g/mol. The molecule has 5 rings (SSSR count). The summed E-state index contributed by atoms with van der Waals surface area (Å²) in [5.74, 6) is 1.63. The normalized spacial score (nSPS) is 14.1. The van der Waals surface area contributed by atoms with Gasteiger partial charge in [-0.2, -0.15) is 0 Å². The summed E-state index contributed by atoms with van der Waals surface area (Å²) in [6.07, 6.45) is 1.90. The number of hydrogen-bond donors (Lipinski definition) is 1. The molecule has 0 aliphatic carbocycles. The van der Waals surface area contributed by atoms with E-state index in [2.05, 4.69) is 62.3 Å². The highest BCUT2D eigenvalue weighted by atomic mass is 32.1. The second-order valence-corrected chi connectivity index (χ2v) is 10.5. The maximum absolute atomic E-state index is 12.1. The number of carbonyl (C=O) groups is 1. The fourth-order valence-corrected chi connectivity index (χ4v) is 5.13. The number of nitrogens with one attached hydrogen (secondary N) is 1. The van der Waals surface area contributed by atoms with E-state index in [1.165, 1.54) is 16.9 Å². The zero-order chi connectivity index (χ0) is 25.9. The van der Waals surface area contributed by atoms with Gasteiger partial charge < -0.3 is 20.0 Å². The third-order valence-corrected chi connectivity index (χ3v) is 7.38. The summed E-state index contributed by atoms with van der Waals surface area (Å²) >= 11 is 1.51. The lowest BCUT2D eigenvalue weighted by molar-refractivity contribution is 0.120. The first-order valence-electron chi connectivity index (χ1n) is 12.3. The number of hydrogen-bond acceptors (Lipinski definition) is 8. The van der Waals surface area contributed by atoms with Gasteiger partial charge in [-0.1, -0.05) is 35.1 Å². The number of rotatable bonds is 6. The first-order chi connectivity index (χ1) is 17.9. The van der Waals surface area contributed by atoms with E-state index in [1.54, 1.807) is 19.0 Å². The number of carbonyl (C=O) groups excluding carboxylic acids is 1. The van der Waals surface area contributed by atoms with Crippen LogP contribution in [0.4, 0.5) is 27.2 Å². The van der Waals surface area contributed by atoms with Gasteiger partial charge in [0.05, 0.1) is 0 Å². The maximum Gasteiger partial charge on any atom is 0.319 e. The van der Waals surface area contributed by atoms with Gasteiger partial charge in [0.15, 0.2) is 5.13 Å². The van der Waals surface area contributed by atoms with Crippen LogP contribution in [-0.2, 0) is 6.54 Å². The van der Waals surface area contributed by atoms with Crippen LogP contribution in [0.25, 0.3) is 10.3 Å².